The van der Waals surface area contributed by atoms with Crippen molar-refractivity contribution in [2.24, 2.45) is 5.92 Å². The Morgan fingerprint density at radius 2 is 2.22 bits per heavy atom. The van der Waals surface area contributed by atoms with Crippen molar-refractivity contribution < 1.29 is 14.7 Å². The molecule has 3 N–H and O–H groups in total. The van der Waals surface area contributed by atoms with E-state index in [2.05, 4.69) is 15.6 Å². The fourth-order valence-corrected chi connectivity index (χ4v) is 1.89. The minimum absolute atomic E-state index is 0.0817. The zero-order chi connectivity index (χ0) is 17.4. The lowest BCUT2D eigenvalue weighted by Gasteiger charge is -2.16. The third-order valence-corrected chi connectivity index (χ3v) is 3.11. The van der Waals surface area contributed by atoms with Crippen LogP contribution in [-0.2, 0) is 9.59 Å². The van der Waals surface area contributed by atoms with Gasteiger partial charge in [0.05, 0.1) is 5.69 Å². The number of aliphatic carboxylic acids is 1. The third kappa shape index (κ3) is 5.96. The lowest BCUT2D eigenvalue weighted by molar-refractivity contribution is -0.141. The normalized spacial score (nSPS) is 12.4. The van der Waals surface area contributed by atoms with Crippen LogP contribution in [0.5, 0.6) is 0 Å². The number of nitrogens with zero attached hydrogens (tertiary/aromatic N) is 2. The number of anilines is 1. The van der Waals surface area contributed by atoms with Gasteiger partial charge in [-0.05, 0) is 24.5 Å². The molecule has 0 fully saturated rings. The maximum atomic E-state index is 12.0. The number of carbonyl (C=O) groups excluding carboxylic acids is 1. The molecule has 8 heteroatoms. The molecule has 0 bridgehead atoms. The molecule has 1 amide bonds. The van der Waals surface area contributed by atoms with E-state index in [0.29, 0.717) is 5.69 Å². The summed E-state index contributed by atoms with van der Waals surface area (Å²) in [5.41, 5.74) is 0.159. The van der Waals surface area contributed by atoms with Crippen LogP contribution in [0, 0.1) is 17.2 Å². The van der Waals surface area contributed by atoms with E-state index in [1.807, 2.05) is 13.8 Å². The molecule has 1 atom stereocenters. The van der Waals surface area contributed by atoms with Crippen molar-refractivity contribution in [3.05, 3.63) is 35.3 Å². The predicted octanol–water partition coefficient (Wildman–Crippen LogP) is 2.17. The molecule has 7 nitrogen and oxygen atoms in total. The van der Waals surface area contributed by atoms with Crippen LogP contribution in [0.4, 0.5) is 5.69 Å². The minimum atomic E-state index is -1.15. The molecule has 122 valence electrons. The zero-order valence-corrected chi connectivity index (χ0v) is 13.5. The van der Waals surface area contributed by atoms with Crippen LogP contribution in [0.25, 0.3) is 0 Å². The van der Waals surface area contributed by atoms with Gasteiger partial charge in [-0.15, -0.1) is 0 Å². The molecule has 0 saturated carbocycles. The number of rotatable bonds is 7. The molecule has 23 heavy (non-hydrogen) atoms. The molecule has 0 aliphatic carbocycles. The number of nitrogens with one attached hydrogen (secondary N) is 2. The van der Waals surface area contributed by atoms with Crippen molar-refractivity contribution in [2.45, 2.75) is 26.3 Å². The van der Waals surface area contributed by atoms with Gasteiger partial charge in [-0.3, -0.25) is 4.79 Å². The molecular formula is C15H17ClN4O3. The van der Waals surface area contributed by atoms with Gasteiger partial charge in [0.1, 0.15) is 17.7 Å². The molecule has 0 spiro atoms. The SMILES string of the molecule is CC(C)CC(NC(=O)/C(C#N)=C\Nc1cccnc1Cl)C(=O)O. The van der Waals surface area contributed by atoms with E-state index in [0.717, 1.165) is 6.20 Å². The van der Waals surface area contributed by atoms with Gasteiger partial charge in [0.2, 0.25) is 0 Å². The minimum Gasteiger partial charge on any atom is -0.480 e. The Kier molecular flexibility index (Phi) is 7.03. The first kappa shape index (κ1) is 18.5. The van der Waals surface area contributed by atoms with Gasteiger partial charge < -0.3 is 15.7 Å². The number of hydrogen-bond donors (Lipinski definition) is 3. The van der Waals surface area contributed by atoms with Gasteiger partial charge in [-0.25, -0.2) is 9.78 Å². The van der Waals surface area contributed by atoms with E-state index in [4.69, 9.17) is 22.0 Å². The van der Waals surface area contributed by atoms with Crippen molar-refractivity contribution in [1.82, 2.24) is 10.3 Å². The quantitative estimate of drug-likeness (QED) is 0.399. The number of amides is 1. The number of carbonyl (C=O) groups is 2. The van der Waals surface area contributed by atoms with Crippen molar-refractivity contribution in [2.75, 3.05) is 5.32 Å². The lowest BCUT2D eigenvalue weighted by atomic mass is 10.0. The second kappa shape index (κ2) is 8.76. The highest BCUT2D eigenvalue weighted by Crippen LogP contribution is 2.17. The summed E-state index contributed by atoms with van der Waals surface area (Å²) in [4.78, 5) is 27.0. The monoisotopic (exact) mass is 336 g/mol. The Labute approximate surface area is 139 Å². The number of carboxylic acids is 1. The summed E-state index contributed by atoms with van der Waals surface area (Å²) in [5, 5.41) is 23.4. The highest BCUT2D eigenvalue weighted by Gasteiger charge is 2.22. The second-order valence-corrected chi connectivity index (χ2v) is 5.51. The van der Waals surface area contributed by atoms with Crippen LogP contribution in [0.15, 0.2) is 30.1 Å². The average Bonchev–Trinajstić information content (AvgIpc) is 2.48. The van der Waals surface area contributed by atoms with Crippen LogP contribution >= 0.6 is 11.6 Å². The zero-order valence-electron chi connectivity index (χ0n) is 12.7. The summed E-state index contributed by atoms with van der Waals surface area (Å²) in [6.45, 7) is 3.68. The first-order valence-corrected chi connectivity index (χ1v) is 7.24. The summed E-state index contributed by atoms with van der Waals surface area (Å²) in [7, 11) is 0. The molecule has 1 aromatic rings. The third-order valence-electron chi connectivity index (χ3n) is 2.81. The summed E-state index contributed by atoms with van der Waals surface area (Å²) in [6, 6.07) is 3.92. The van der Waals surface area contributed by atoms with Crippen LogP contribution in [0.3, 0.4) is 0 Å². The van der Waals surface area contributed by atoms with E-state index in [1.165, 1.54) is 6.20 Å². The van der Waals surface area contributed by atoms with Crippen LogP contribution in [0.2, 0.25) is 5.15 Å². The predicted molar refractivity (Wildman–Crippen MR) is 85.6 cm³/mol. The number of aromatic nitrogens is 1. The average molecular weight is 337 g/mol. The largest absolute Gasteiger partial charge is 0.480 e. The highest BCUT2D eigenvalue weighted by molar-refractivity contribution is 6.32. The Balaban J connectivity index is 2.82. The van der Waals surface area contributed by atoms with E-state index in [1.54, 1.807) is 18.2 Å². The molecule has 1 unspecified atom stereocenters. The molecule has 0 aliphatic heterocycles. The number of nitriles is 1. The molecule has 0 aromatic carbocycles. The molecule has 1 rings (SSSR count). The number of carboxylic acid groups (broad SMARTS) is 1. The van der Waals surface area contributed by atoms with Gasteiger partial charge >= 0.3 is 5.97 Å². The van der Waals surface area contributed by atoms with Crippen molar-refractivity contribution in [3.8, 4) is 6.07 Å². The Hall–Kier alpha value is -2.59. The Bertz CT molecular complexity index is 652. The van der Waals surface area contributed by atoms with E-state index >= 15 is 0 Å². The van der Waals surface area contributed by atoms with Crippen LogP contribution in [0.1, 0.15) is 20.3 Å². The maximum absolute atomic E-state index is 12.0. The van der Waals surface area contributed by atoms with E-state index < -0.39 is 17.9 Å². The first-order valence-electron chi connectivity index (χ1n) is 6.86. The second-order valence-electron chi connectivity index (χ2n) is 5.15. The Morgan fingerprint density at radius 3 is 2.74 bits per heavy atom. The molecule has 0 aliphatic rings. The molecule has 0 saturated heterocycles. The smallest absolute Gasteiger partial charge is 0.326 e. The topological polar surface area (TPSA) is 115 Å². The van der Waals surface area contributed by atoms with Crippen LogP contribution in [-0.4, -0.2) is 28.0 Å². The number of hydrogen-bond acceptors (Lipinski definition) is 5. The van der Waals surface area contributed by atoms with Crippen molar-refractivity contribution >= 4 is 29.2 Å². The fourth-order valence-electron chi connectivity index (χ4n) is 1.72. The summed E-state index contributed by atoms with van der Waals surface area (Å²) in [5.74, 6) is -1.83. The molecule has 1 heterocycles. The standard InChI is InChI=1S/C15H17ClN4O3/c1-9(2)6-12(15(22)23)20-14(21)10(7-17)8-19-11-4-3-5-18-13(11)16/h3-5,8-9,12,19H,6H2,1-2H3,(H,20,21)(H,22,23)/b10-8-. The maximum Gasteiger partial charge on any atom is 0.326 e. The van der Waals surface area contributed by atoms with E-state index in [-0.39, 0.29) is 23.1 Å². The molecule has 0 radical (unpaired) electrons. The van der Waals surface area contributed by atoms with Gasteiger partial charge in [0.25, 0.3) is 5.91 Å². The lowest BCUT2D eigenvalue weighted by Crippen LogP contribution is -2.42. The van der Waals surface area contributed by atoms with Gasteiger partial charge in [0, 0.05) is 12.4 Å². The first-order chi connectivity index (χ1) is 10.8. The van der Waals surface area contributed by atoms with E-state index in [9.17, 15) is 9.59 Å². The van der Waals surface area contributed by atoms with Gasteiger partial charge in [0.15, 0.2) is 5.15 Å². The fraction of sp³-hybridized carbons (Fsp3) is 0.333. The summed E-state index contributed by atoms with van der Waals surface area (Å²) < 4.78 is 0. The number of halogens is 1. The van der Waals surface area contributed by atoms with Crippen LogP contribution < -0.4 is 10.6 Å². The summed E-state index contributed by atoms with van der Waals surface area (Å²) in [6.07, 6.45) is 2.92. The highest BCUT2D eigenvalue weighted by atomic mass is 35.5. The summed E-state index contributed by atoms with van der Waals surface area (Å²) >= 11 is 5.85. The van der Waals surface area contributed by atoms with Crippen molar-refractivity contribution in [1.29, 1.82) is 5.26 Å². The number of pyridine rings is 1. The van der Waals surface area contributed by atoms with Gasteiger partial charge in [-0.1, -0.05) is 25.4 Å². The Morgan fingerprint density at radius 1 is 1.52 bits per heavy atom. The molecular weight excluding hydrogens is 320 g/mol. The molecule has 1 aromatic heterocycles. The van der Waals surface area contributed by atoms with Gasteiger partial charge in [-0.2, -0.15) is 5.26 Å². The van der Waals surface area contributed by atoms with Crippen molar-refractivity contribution in [3.63, 3.8) is 0 Å².